The van der Waals surface area contributed by atoms with Gasteiger partial charge in [0.05, 0.1) is 18.2 Å². The van der Waals surface area contributed by atoms with E-state index in [-0.39, 0.29) is 17.5 Å². The molecule has 0 atom stereocenters. The fraction of sp³-hybridized carbons (Fsp3) is 0.647. The minimum Gasteiger partial charge on any atom is -0.466 e. The van der Waals surface area contributed by atoms with Crippen molar-refractivity contribution in [1.29, 1.82) is 0 Å². The number of rotatable bonds is 3. The Kier molecular flexibility index (Phi) is 4.13. The summed E-state index contributed by atoms with van der Waals surface area (Å²) in [5, 5.41) is 4.32. The Labute approximate surface area is 125 Å². The first-order valence-electron chi connectivity index (χ1n) is 8.01. The number of ether oxygens (including phenoxy) is 1. The molecule has 3 aliphatic rings. The Morgan fingerprint density at radius 2 is 2.24 bits per heavy atom. The van der Waals surface area contributed by atoms with Gasteiger partial charge in [0.25, 0.3) is 0 Å². The third kappa shape index (κ3) is 3.04. The standard InChI is InChI=1S/C17H23NO3/c1-2-20-16(19)14-8-10-17(11-9-14)12-15(18-21-17)13-6-4-3-5-7-13/h4,6-7,14H,2-3,5,8-12H2,1H3. The fourth-order valence-electron chi connectivity index (χ4n) is 3.41. The van der Waals surface area contributed by atoms with E-state index in [2.05, 4.69) is 23.4 Å². The number of nitrogens with zero attached hydrogens (tertiary/aromatic N) is 1. The molecule has 4 nitrogen and oxygen atoms in total. The molecule has 114 valence electrons. The summed E-state index contributed by atoms with van der Waals surface area (Å²) < 4.78 is 5.12. The molecule has 0 radical (unpaired) electrons. The third-order valence-electron chi connectivity index (χ3n) is 4.68. The van der Waals surface area contributed by atoms with Crippen LogP contribution in [-0.4, -0.2) is 23.9 Å². The monoisotopic (exact) mass is 289 g/mol. The highest BCUT2D eigenvalue weighted by molar-refractivity contribution is 6.03. The Balaban J connectivity index is 1.57. The van der Waals surface area contributed by atoms with Gasteiger partial charge in [-0.05, 0) is 51.0 Å². The molecule has 1 heterocycles. The summed E-state index contributed by atoms with van der Waals surface area (Å²) >= 11 is 0. The van der Waals surface area contributed by atoms with Gasteiger partial charge in [-0.3, -0.25) is 4.79 Å². The molecule has 0 N–H and O–H groups in total. The summed E-state index contributed by atoms with van der Waals surface area (Å²) in [6.07, 6.45) is 13.1. The van der Waals surface area contributed by atoms with Gasteiger partial charge in [-0.2, -0.15) is 0 Å². The molecule has 0 amide bonds. The topological polar surface area (TPSA) is 47.9 Å². The third-order valence-corrected chi connectivity index (χ3v) is 4.68. The summed E-state index contributed by atoms with van der Waals surface area (Å²) in [6.45, 7) is 2.32. The molecule has 3 rings (SSSR count). The molecular weight excluding hydrogens is 266 g/mol. The number of oxime groups is 1. The van der Waals surface area contributed by atoms with Gasteiger partial charge in [0.2, 0.25) is 0 Å². The molecule has 0 aromatic rings. The molecule has 2 aliphatic carbocycles. The number of hydrogen-bond donors (Lipinski definition) is 0. The van der Waals surface area contributed by atoms with Gasteiger partial charge >= 0.3 is 5.97 Å². The van der Waals surface area contributed by atoms with E-state index in [9.17, 15) is 4.79 Å². The van der Waals surface area contributed by atoms with E-state index >= 15 is 0 Å². The van der Waals surface area contributed by atoms with E-state index in [0.717, 1.165) is 50.7 Å². The van der Waals surface area contributed by atoms with Gasteiger partial charge in [-0.1, -0.05) is 23.4 Å². The molecule has 0 unspecified atom stereocenters. The normalized spacial score (nSPS) is 31.6. The van der Waals surface area contributed by atoms with Gasteiger partial charge in [0.15, 0.2) is 0 Å². The first kappa shape index (κ1) is 14.4. The number of hydrogen-bond acceptors (Lipinski definition) is 4. The molecule has 1 saturated carbocycles. The van der Waals surface area contributed by atoms with Crippen LogP contribution >= 0.6 is 0 Å². The van der Waals surface area contributed by atoms with Crippen molar-refractivity contribution in [1.82, 2.24) is 0 Å². The molecule has 1 spiro atoms. The molecule has 0 aromatic carbocycles. The van der Waals surface area contributed by atoms with Gasteiger partial charge in [-0.25, -0.2) is 0 Å². The van der Waals surface area contributed by atoms with E-state index in [1.54, 1.807) is 0 Å². The summed E-state index contributed by atoms with van der Waals surface area (Å²) in [5.74, 6) is -0.0126. The van der Waals surface area contributed by atoms with E-state index in [1.165, 1.54) is 5.57 Å². The van der Waals surface area contributed by atoms with Crippen molar-refractivity contribution in [3.05, 3.63) is 23.8 Å². The second kappa shape index (κ2) is 6.04. The van der Waals surface area contributed by atoms with Crippen LogP contribution in [0.1, 0.15) is 51.9 Å². The first-order valence-corrected chi connectivity index (χ1v) is 8.01. The van der Waals surface area contributed by atoms with Crippen LogP contribution in [0.4, 0.5) is 0 Å². The number of esters is 1. The van der Waals surface area contributed by atoms with E-state index < -0.39 is 0 Å². The van der Waals surface area contributed by atoms with Crippen LogP contribution in [-0.2, 0) is 14.4 Å². The number of allylic oxidation sites excluding steroid dienone is 4. The van der Waals surface area contributed by atoms with Gasteiger partial charge < -0.3 is 9.57 Å². The lowest BCUT2D eigenvalue weighted by molar-refractivity contribution is -0.151. The maximum Gasteiger partial charge on any atom is 0.308 e. The maximum absolute atomic E-state index is 11.8. The molecule has 1 aliphatic heterocycles. The second-order valence-electron chi connectivity index (χ2n) is 6.15. The van der Waals surface area contributed by atoms with Crippen molar-refractivity contribution < 1.29 is 14.4 Å². The summed E-state index contributed by atoms with van der Waals surface area (Å²) in [6, 6.07) is 0. The zero-order valence-corrected chi connectivity index (χ0v) is 12.6. The van der Waals surface area contributed by atoms with Crippen molar-refractivity contribution in [3.63, 3.8) is 0 Å². The second-order valence-corrected chi connectivity index (χ2v) is 6.15. The summed E-state index contributed by atoms with van der Waals surface area (Å²) in [5.41, 5.74) is 2.11. The Morgan fingerprint density at radius 1 is 1.43 bits per heavy atom. The van der Waals surface area contributed by atoms with Gasteiger partial charge in [0.1, 0.15) is 5.60 Å². The smallest absolute Gasteiger partial charge is 0.308 e. The van der Waals surface area contributed by atoms with Crippen LogP contribution in [0.5, 0.6) is 0 Å². The van der Waals surface area contributed by atoms with E-state index in [4.69, 9.17) is 9.57 Å². The highest BCUT2D eigenvalue weighted by Crippen LogP contribution is 2.42. The lowest BCUT2D eigenvalue weighted by Gasteiger charge is -2.33. The minimum atomic E-state index is -0.176. The number of carbonyl (C=O) groups excluding carboxylic acids is 1. The molecule has 0 saturated heterocycles. The zero-order valence-electron chi connectivity index (χ0n) is 12.6. The first-order chi connectivity index (χ1) is 10.2. The van der Waals surface area contributed by atoms with Gasteiger partial charge in [0, 0.05) is 6.42 Å². The van der Waals surface area contributed by atoms with Crippen molar-refractivity contribution in [2.45, 2.75) is 57.5 Å². The fourth-order valence-corrected chi connectivity index (χ4v) is 3.41. The lowest BCUT2D eigenvalue weighted by Crippen LogP contribution is -2.37. The molecule has 0 bridgehead atoms. The number of carbonyl (C=O) groups is 1. The molecule has 4 heteroatoms. The average Bonchev–Trinajstić information content (AvgIpc) is 2.93. The van der Waals surface area contributed by atoms with Crippen LogP contribution in [0.15, 0.2) is 29.0 Å². The molecule has 21 heavy (non-hydrogen) atoms. The predicted octanol–water partition coefficient (Wildman–Crippen LogP) is 3.53. The van der Waals surface area contributed by atoms with Crippen LogP contribution < -0.4 is 0 Å². The van der Waals surface area contributed by atoms with Crippen molar-refractivity contribution in [2.75, 3.05) is 6.61 Å². The molecule has 1 fully saturated rings. The van der Waals surface area contributed by atoms with Crippen LogP contribution in [0.2, 0.25) is 0 Å². The molecule has 0 aromatic heterocycles. The average molecular weight is 289 g/mol. The highest BCUT2D eigenvalue weighted by Gasteiger charge is 2.44. The maximum atomic E-state index is 11.8. The highest BCUT2D eigenvalue weighted by atomic mass is 16.7. The Hall–Kier alpha value is -1.58. The largest absolute Gasteiger partial charge is 0.466 e. The SMILES string of the molecule is CCOC(=O)C1CCC2(CC1)CC(C1=CCCC=C1)=NO2. The van der Waals surface area contributed by atoms with Crippen molar-refractivity contribution in [2.24, 2.45) is 11.1 Å². The van der Waals surface area contributed by atoms with Crippen molar-refractivity contribution >= 4 is 11.7 Å². The zero-order chi connectivity index (χ0) is 14.7. The Morgan fingerprint density at radius 3 is 2.90 bits per heavy atom. The minimum absolute atomic E-state index is 0.0389. The summed E-state index contributed by atoms with van der Waals surface area (Å²) in [4.78, 5) is 17.6. The van der Waals surface area contributed by atoms with Crippen LogP contribution in [0.25, 0.3) is 0 Å². The quantitative estimate of drug-likeness (QED) is 0.747. The van der Waals surface area contributed by atoms with E-state index in [0.29, 0.717) is 6.61 Å². The lowest BCUT2D eigenvalue weighted by atomic mass is 9.76. The van der Waals surface area contributed by atoms with E-state index in [1.807, 2.05) is 6.92 Å². The van der Waals surface area contributed by atoms with Gasteiger partial charge in [-0.15, -0.1) is 0 Å². The predicted molar refractivity (Wildman–Crippen MR) is 80.9 cm³/mol. The van der Waals surface area contributed by atoms with Crippen molar-refractivity contribution in [3.8, 4) is 0 Å². The van der Waals surface area contributed by atoms with Crippen LogP contribution in [0, 0.1) is 5.92 Å². The molecular formula is C17H23NO3. The van der Waals surface area contributed by atoms with Crippen LogP contribution in [0.3, 0.4) is 0 Å². The summed E-state index contributed by atoms with van der Waals surface area (Å²) in [7, 11) is 0. The Bertz CT molecular complexity index is 496.